The van der Waals surface area contributed by atoms with Crippen LogP contribution in [0.25, 0.3) is 11.1 Å². The van der Waals surface area contributed by atoms with Crippen molar-refractivity contribution in [3.8, 4) is 0 Å². The SMILES string of the molecule is CCNCCCSc1nc2ccccc2o1. The molecular weight excluding hydrogens is 220 g/mol. The monoisotopic (exact) mass is 236 g/mol. The maximum atomic E-state index is 5.61. The largest absolute Gasteiger partial charge is 0.431 e. The molecule has 0 saturated carbocycles. The minimum Gasteiger partial charge on any atom is -0.431 e. The summed E-state index contributed by atoms with van der Waals surface area (Å²) in [5.41, 5.74) is 1.81. The first kappa shape index (κ1) is 11.5. The topological polar surface area (TPSA) is 38.1 Å². The Labute approximate surface area is 99.6 Å². The Bertz CT molecular complexity index is 408. The molecule has 86 valence electrons. The maximum absolute atomic E-state index is 5.61. The number of rotatable bonds is 6. The lowest BCUT2D eigenvalue weighted by atomic mass is 10.3. The lowest BCUT2D eigenvalue weighted by molar-refractivity contribution is 0.489. The molecule has 0 spiro atoms. The molecule has 2 aromatic rings. The molecule has 0 aliphatic rings. The van der Waals surface area contributed by atoms with Gasteiger partial charge in [0.2, 0.25) is 0 Å². The van der Waals surface area contributed by atoms with Crippen LogP contribution in [0.4, 0.5) is 0 Å². The molecule has 16 heavy (non-hydrogen) atoms. The van der Waals surface area contributed by atoms with Gasteiger partial charge in [0.15, 0.2) is 5.58 Å². The molecule has 3 nitrogen and oxygen atoms in total. The van der Waals surface area contributed by atoms with Crippen molar-refractivity contribution >= 4 is 22.9 Å². The van der Waals surface area contributed by atoms with Gasteiger partial charge in [0.05, 0.1) is 0 Å². The highest BCUT2D eigenvalue weighted by atomic mass is 32.2. The maximum Gasteiger partial charge on any atom is 0.256 e. The van der Waals surface area contributed by atoms with Crippen LogP contribution in [0.2, 0.25) is 0 Å². The average molecular weight is 236 g/mol. The molecule has 0 bridgehead atoms. The smallest absolute Gasteiger partial charge is 0.256 e. The molecule has 1 aromatic heterocycles. The molecule has 0 aliphatic heterocycles. The fourth-order valence-electron chi connectivity index (χ4n) is 1.45. The first-order valence-corrected chi connectivity index (χ1v) is 6.58. The highest BCUT2D eigenvalue weighted by Gasteiger charge is 2.04. The van der Waals surface area contributed by atoms with Crippen LogP contribution >= 0.6 is 11.8 Å². The highest BCUT2D eigenvalue weighted by Crippen LogP contribution is 2.23. The van der Waals surface area contributed by atoms with Crippen LogP contribution in [0.15, 0.2) is 33.9 Å². The van der Waals surface area contributed by atoms with E-state index >= 15 is 0 Å². The first-order chi connectivity index (χ1) is 7.90. The van der Waals surface area contributed by atoms with Gasteiger partial charge in [-0.2, -0.15) is 0 Å². The van der Waals surface area contributed by atoms with Crippen LogP contribution in [-0.2, 0) is 0 Å². The summed E-state index contributed by atoms with van der Waals surface area (Å²) < 4.78 is 5.61. The van der Waals surface area contributed by atoms with E-state index in [4.69, 9.17) is 4.42 Å². The van der Waals surface area contributed by atoms with Crippen molar-refractivity contribution in [3.05, 3.63) is 24.3 Å². The van der Waals surface area contributed by atoms with Gasteiger partial charge in [0.1, 0.15) is 5.52 Å². The number of nitrogens with zero attached hydrogens (tertiary/aromatic N) is 1. The molecule has 0 amide bonds. The zero-order valence-electron chi connectivity index (χ0n) is 9.40. The number of hydrogen-bond donors (Lipinski definition) is 1. The molecular formula is C12H16N2OS. The summed E-state index contributed by atoms with van der Waals surface area (Å²) in [6.45, 7) is 4.21. The predicted octanol–water partition coefficient (Wildman–Crippen LogP) is 2.92. The van der Waals surface area contributed by atoms with E-state index in [2.05, 4.69) is 17.2 Å². The van der Waals surface area contributed by atoms with Crippen LogP contribution in [0.5, 0.6) is 0 Å². The van der Waals surface area contributed by atoms with Crippen molar-refractivity contribution in [3.63, 3.8) is 0 Å². The summed E-state index contributed by atoms with van der Waals surface area (Å²) >= 11 is 1.68. The van der Waals surface area contributed by atoms with Gasteiger partial charge in [-0.15, -0.1) is 0 Å². The summed E-state index contributed by atoms with van der Waals surface area (Å²) in [5.74, 6) is 1.04. The Morgan fingerprint density at radius 3 is 3.06 bits per heavy atom. The summed E-state index contributed by atoms with van der Waals surface area (Å²) in [6, 6.07) is 7.87. The molecule has 1 aromatic carbocycles. The predicted molar refractivity (Wildman–Crippen MR) is 67.9 cm³/mol. The van der Waals surface area contributed by atoms with E-state index in [0.717, 1.165) is 41.6 Å². The fraction of sp³-hybridized carbons (Fsp3) is 0.417. The van der Waals surface area contributed by atoms with Gasteiger partial charge in [0.25, 0.3) is 5.22 Å². The summed E-state index contributed by atoms with van der Waals surface area (Å²) in [4.78, 5) is 4.41. The van der Waals surface area contributed by atoms with Crippen molar-refractivity contribution in [2.45, 2.75) is 18.6 Å². The summed E-state index contributed by atoms with van der Waals surface area (Å²) in [6.07, 6.45) is 1.14. The average Bonchev–Trinajstić information content (AvgIpc) is 2.71. The third-order valence-corrected chi connectivity index (χ3v) is 3.16. The molecule has 0 atom stereocenters. The van der Waals surface area contributed by atoms with Gasteiger partial charge < -0.3 is 9.73 Å². The molecule has 0 saturated heterocycles. The van der Waals surface area contributed by atoms with E-state index in [1.54, 1.807) is 11.8 Å². The fourth-order valence-corrected chi connectivity index (χ4v) is 2.22. The Morgan fingerprint density at radius 1 is 1.38 bits per heavy atom. The van der Waals surface area contributed by atoms with E-state index in [0.29, 0.717) is 0 Å². The minimum atomic E-state index is 0.776. The standard InChI is InChI=1S/C12H16N2OS/c1-2-13-8-5-9-16-12-14-10-6-3-4-7-11(10)15-12/h3-4,6-7,13H,2,5,8-9H2,1H3. The number of fused-ring (bicyclic) bond motifs is 1. The second-order valence-electron chi connectivity index (χ2n) is 3.50. The van der Waals surface area contributed by atoms with Crippen molar-refractivity contribution < 1.29 is 4.42 Å². The van der Waals surface area contributed by atoms with Crippen LogP contribution < -0.4 is 5.32 Å². The van der Waals surface area contributed by atoms with E-state index in [1.165, 1.54) is 0 Å². The Morgan fingerprint density at radius 2 is 2.25 bits per heavy atom. The summed E-state index contributed by atoms with van der Waals surface area (Å²) in [7, 11) is 0. The highest BCUT2D eigenvalue weighted by molar-refractivity contribution is 7.99. The van der Waals surface area contributed by atoms with Gasteiger partial charge in [-0.25, -0.2) is 4.98 Å². The Balaban J connectivity index is 1.85. The summed E-state index contributed by atoms with van der Waals surface area (Å²) in [5, 5.41) is 4.07. The van der Waals surface area contributed by atoms with Crippen LogP contribution in [-0.4, -0.2) is 23.8 Å². The Hall–Kier alpha value is -1.00. The van der Waals surface area contributed by atoms with E-state index in [9.17, 15) is 0 Å². The second kappa shape index (κ2) is 5.92. The van der Waals surface area contributed by atoms with Crippen molar-refractivity contribution in [1.29, 1.82) is 0 Å². The zero-order valence-corrected chi connectivity index (χ0v) is 10.2. The normalized spacial score (nSPS) is 11.1. The minimum absolute atomic E-state index is 0.776. The number of thioether (sulfide) groups is 1. The first-order valence-electron chi connectivity index (χ1n) is 5.59. The number of nitrogens with one attached hydrogen (secondary N) is 1. The second-order valence-corrected chi connectivity index (χ2v) is 4.55. The lowest BCUT2D eigenvalue weighted by Crippen LogP contribution is -2.14. The van der Waals surface area contributed by atoms with E-state index in [1.807, 2.05) is 24.3 Å². The lowest BCUT2D eigenvalue weighted by Gasteiger charge is -1.98. The quantitative estimate of drug-likeness (QED) is 0.618. The molecule has 0 unspecified atom stereocenters. The number of oxazole rings is 1. The van der Waals surface area contributed by atoms with Crippen LogP contribution in [0, 0.1) is 0 Å². The van der Waals surface area contributed by atoms with Gasteiger partial charge in [0, 0.05) is 5.75 Å². The van der Waals surface area contributed by atoms with E-state index in [-0.39, 0.29) is 0 Å². The van der Waals surface area contributed by atoms with Crippen molar-refractivity contribution in [1.82, 2.24) is 10.3 Å². The van der Waals surface area contributed by atoms with Crippen molar-refractivity contribution in [2.24, 2.45) is 0 Å². The molecule has 4 heteroatoms. The van der Waals surface area contributed by atoms with E-state index < -0.39 is 0 Å². The number of aromatic nitrogens is 1. The zero-order chi connectivity index (χ0) is 11.2. The molecule has 2 rings (SSSR count). The molecule has 1 heterocycles. The molecule has 0 aliphatic carbocycles. The van der Waals surface area contributed by atoms with Crippen LogP contribution in [0.1, 0.15) is 13.3 Å². The molecule has 0 radical (unpaired) electrons. The van der Waals surface area contributed by atoms with Crippen molar-refractivity contribution in [2.75, 3.05) is 18.8 Å². The third-order valence-electron chi connectivity index (χ3n) is 2.25. The van der Waals surface area contributed by atoms with Gasteiger partial charge in [-0.05, 0) is 31.6 Å². The Kier molecular flexibility index (Phi) is 4.25. The third kappa shape index (κ3) is 3.00. The van der Waals surface area contributed by atoms with Gasteiger partial charge >= 0.3 is 0 Å². The number of hydrogen-bond acceptors (Lipinski definition) is 4. The van der Waals surface area contributed by atoms with Gasteiger partial charge in [-0.3, -0.25) is 0 Å². The number of para-hydroxylation sites is 2. The van der Waals surface area contributed by atoms with Gasteiger partial charge in [-0.1, -0.05) is 30.8 Å². The van der Waals surface area contributed by atoms with Crippen LogP contribution in [0.3, 0.4) is 0 Å². The molecule has 1 N–H and O–H groups in total. The number of benzene rings is 1. The molecule has 0 fully saturated rings.